The Bertz CT molecular complexity index is 366. The first-order chi connectivity index (χ1) is 7.81. The van der Waals surface area contributed by atoms with Gasteiger partial charge in [-0.25, -0.2) is 0 Å². The summed E-state index contributed by atoms with van der Waals surface area (Å²) in [4.78, 5) is 0. The van der Waals surface area contributed by atoms with E-state index >= 15 is 0 Å². The third-order valence-corrected chi connectivity index (χ3v) is 5.12. The predicted molar refractivity (Wildman–Crippen MR) is 64.1 cm³/mol. The summed E-state index contributed by atoms with van der Waals surface area (Å²) in [5.41, 5.74) is 0. The first-order valence-electron chi connectivity index (χ1n) is 6.18. The second-order valence-corrected chi connectivity index (χ2v) is 6.20. The van der Waals surface area contributed by atoms with E-state index in [0.717, 1.165) is 29.4 Å². The molecule has 0 N–H and O–H groups in total. The van der Waals surface area contributed by atoms with Gasteiger partial charge < -0.3 is 4.42 Å². The quantitative estimate of drug-likeness (QED) is 0.808. The van der Waals surface area contributed by atoms with Crippen LogP contribution in [0.3, 0.4) is 0 Å². The summed E-state index contributed by atoms with van der Waals surface area (Å²) in [6, 6.07) is 0. The van der Waals surface area contributed by atoms with E-state index in [1.54, 1.807) is 0 Å². The molecular formula is C12H18N2OS. The zero-order valence-electron chi connectivity index (χ0n) is 9.69. The van der Waals surface area contributed by atoms with Gasteiger partial charge in [0.1, 0.15) is 0 Å². The lowest BCUT2D eigenvalue weighted by atomic mass is 9.90. The Balaban J connectivity index is 1.44. The van der Waals surface area contributed by atoms with Crippen molar-refractivity contribution in [2.24, 2.45) is 17.8 Å². The third kappa shape index (κ3) is 2.12. The standard InChI is InChI=1S/C12H18N2OS/c1-8-13-14-12(15-8)7-16-6-11-5-9-2-3-10(11)4-9/h9-11H,2-7H2,1H3. The highest BCUT2D eigenvalue weighted by Crippen LogP contribution is 2.49. The fourth-order valence-electron chi connectivity index (χ4n) is 3.27. The molecule has 2 aliphatic carbocycles. The molecule has 0 saturated heterocycles. The average molecular weight is 238 g/mol. The van der Waals surface area contributed by atoms with E-state index < -0.39 is 0 Å². The van der Waals surface area contributed by atoms with Crippen molar-refractivity contribution in [2.45, 2.75) is 38.4 Å². The minimum atomic E-state index is 0.676. The molecule has 2 saturated carbocycles. The minimum absolute atomic E-state index is 0.676. The topological polar surface area (TPSA) is 38.9 Å². The first-order valence-corrected chi connectivity index (χ1v) is 7.33. The Morgan fingerprint density at radius 2 is 2.25 bits per heavy atom. The van der Waals surface area contributed by atoms with Crippen molar-refractivity contribution in [3.05, 3.63) is 11.8 Å². The van der Waals surface area contributed by atoms with Crippen LogP contribution < -0.4 is 0 Å². The summed E-state index contributed by atoms with van der Waals surface area (Å²) >= 11 is 1.96. The molecule has 3 unspecified atom stereocenters. The number of hydrogen-bond acceptors (Lipinski definition) is 4. The number of fused-ring (bicyclic) bond motifs is 2. The van der Waals surface area contributed by atoms with Gasteiger partial charge >= 0.3 is 0 Å². The van der Waals surface area contributed by atoms with Crippen molar-refractivity contribution in [3.63, 3.8) is 0 Å². The normalized spacial score (nSPS) is 32.4. The maximum Gasteiger partial charge on any atom is 0.226 e. The summed E-state index contributed by atoms with van der Waals surface area (Å²) < 4.78 is 5.37. The number of nitrogens with zero attached hydrogens (tertiary/aromatic N) is 2. The Morgan fingerprint density at radius 1 is 1.31 bits per heavy atom. The molecule has 16 heavy (non-hydrogen) atoms. The SMILES string of the molecule is Cc1nnc(CSCC2CC3CCC2C3)o1. The molecule has 3 rings (SSSR count). The van der Waals surface area contributed by atoms with Crippen molar-refractivity contribution in [3.8, 4) is 0 Å². The molecule has 0 aliphatic heterocycles. The zero-order valence-corrected chi connectivity index (χ0v) is 10.5. The molecule has 0 spiro atoms. The van der Waals surface area contributed by atoms with Crippen LogP contribution in [0.2, 0.25) is 0 Å². The van der Waals surface area contributed by atoms with Crippen LogP contribution in [0.25, 0.3) is 0 Å². The zero-order chi connectivity index (χ0) is 11.0. The molecule has 4 heteroatoms. The van der Waals surface area contributed by atoms with Crippen molar-refractivity contribution in [1.82, 2.24) is 10.2 Å². The lowest BCUT2D eigenvalue weighted by Gasteiger charge is -2.20. The third-order valence-electron chi connectivity index (χ3n) is 4.01. The number of aryl methyl sites for hydroxylation is 1. The van der Waals surface area contributed by atoms with Gasteiger partial charge in [0.15, 0.2) is 0 Å². The predicted octanol–water partition coefficient (Wildman–Crippen LogP) is 3.05. The second kappa shape index (κ2) is 4.40. The molecule has 1 aromatic rings. The Kier molecular flexibility index (Phi) is 2.92. The molecule has 2 fully saturated rings. The van der Waals surface area contributed by atoms with E-state index in [2.05, 4.69) is 10.2 Å². The van der Waals surface area contributed by atoms with E-state index in [9.17, 15) is 0 Å². The Morgan fingerprint density at radius 3 is 2.88 bits per heavy atom. The molecule has 3 atom stereocenters. The van der Waals surface area contributed by atoms with Gasteiger partial charge in [0, 0.05) is 6.92 Å². The van der Waals surface area contributed by atoms with E-state index in [-0.39, 0.29) is 0 Å². The summed E-state index contributed by atoms with van der Waals surface area (Å²) in [6.07, 6.45) is 5.95. The molecule has 0 amide bonds. The van der Waals surface area contributed by atoms with Crippen LogP contribution in [-0.2, 0) is 5.75 Å². The van der Waals surface area contributed by atoms with Gasteiger partial charge in [-0.1, -0.05) is 6.42 Å². The number of thioether (sulfide) groups is 1. The van der Waals surface area contributed by atoms with E-state index in [1.165, 1.54) is 31.4 Å². The van der Waals surface area contributed by atoms with Crippen LogP contribution in [0.1, 0.15) is 37.5 Å². The van der Waals surface area contributed by atoms with Crippen LogP contribution in [0, 0.1) is 24.7 Å². The molecule has 3 nitrogen and oxygen atoms in total. The van der Waals surface area contributed by atoms with Crippen LogP contribution in [0.5, 0.6) is 0 Å². The number of hydrogen-bond donors (Lipinski definition) is 0. The highest BCUT2D eigenvalue weighted by atomic mass is 32.2. The van der Waals surface area contributed by atoms with Crippen LogP contribution >= 0.6 is 11.8 Å². The van der Waals surface area contributed by atoms with E-state index in [4.69, 9.17) is 4.42 Å². The molecule has 2 aliphatic rings. The minimum Gasteiger partial charge on any atom is -0.425 e. The molecule has 2 bridgehead atoms. The van der Waals surface area contributed by atoms with Crippen LogP contribution in [0.15, 0.2) is 4.42 Å². The van der Waals surface area contributed by atoms with Crippen molar-refractivity contribution >= 4 is 11.8 Å². The van der Waals surface area contributed by atoms with Crippen LogP contribution in [-0.4, -0.2) is 16.0 Å². The van der Waals surface area contributed by atoms with Crippen molar-refractivity contribution in [2.75, 3.05) is 5.75 Å². The smallest absolute Gasteiger partial charge is 0.226 e. The molecule has 0 radical (unpaired) electrons. The Hall–Kier alpha value is -0.510. The molecular weight excluding hydrogens is 220 g/mol. The lowest BCUT2D eigenvalue weighted by Crippen LogP contribution is -2.12. The molecule has 1 heterocycles. The molecule has 88 valence electrons. The van der Waals surface area contributed by atoms with Gasteiger partial charge in [0.25, 0.3) is 0 Å². The highest BCUT2D eigenvalue weighted by molar-refractivity contribution is 7.98. The molecule has 1 aromatic heterocycles. The average Bonchev–Trinajstić information content (AvgIpc) is 2.94. The van der Waals surface area contributed by atoms with Crippen LogP contribution in [0.4, 0.5) is 0 Å². The van der Waals surface area contributed by atoms with Gasteiger partial charge in [-0.05, 0) is 42.8 Å². The highest BCUT2D eigenvalue weighted by Gasteiger charge is 2.38. The summed E-state index contributed by atoms with van der Waals surface area (Å²) in [7, 11) is 0. The lowest BCUT2D eigenvalue weighted by molar-refractivity contribution is 0.365. The summed E-state index contributed by atoms with van der Waals surface area (Å²) in [6.45, 7) is 1.84. The van der Waals surface area contributed by atoms with Gasteiger partial charge in [-0.2, -0.15) is 11.8 Å². The summed E-state index contributed by atoms with van der Waals surface area (Å²) in [5, 5.41) is 7.87. The second-order valence-electron chi connectivity index (χ2n) is 5.16. The number of aromatic nitrogens is 2. The molecule has 0 aromatic carbocycles. The maximum atomic E-state index is 5.37. The fourth-order valence-corrected chi connectivity index (χ4v) is 4.39. The van der Waals surface area contributed by atoms with Gasteiger partial charge in [-0.3, -0.25) is 0 Å². The van der Waals surface area contributed by atoms with Crippen molar-refractivity contribution in [1.29, 1.82) is 0 Å². The Labute approximate surface area is 100 Å². The largest absolute Gasteiger partial charge is 0.425 e. The van der Waals surface area contributed by atoms with Gasteiger partial charge in [0.05, 0.1) is 5.75 Å². The van der Waals surface area contributed by atoms with Crippen molar-refractivity contribution < 1.29 is 4.42 Å². The van der Waals surface area contributed by atoms with Gasteiger partial charge in [0.2, 0.25) is 11.8 Å². The van der Waals surface area contributed by atoms with Gasteiger partial charge in [-0.15, -0.1) is 10.2 Å². The monoisotopic (exact) mass is 238 g/mol. The first kappa shape index (κ1) is 10.6. The van der Waals surface area contributed by atoms with E-state index in [1.807, 2.05) is 18.7 Å². The summed E-state index contributed by atoms with van der Waals surface area (Å²) in [5.74, 6) is 6.68. The number of rotatable bonds is 4. The maximum absolute atomic E-state index is 5.37. The fraction of sp³-hybridized carbons (Fsp3) is 0.833. The van der Waals surface area contributed by atoms with E-state index in [0.29, 0.717) is 5.89 Å².